The van der Waals surface area contributed by atoms with Gasteiger partial charge in [-0.3, -0.25) is 4.79 Å². The van der Waals surface area contributed by atoms with Crippen molar-refractivity contribution in [3.8, 4) is 0 Å². The molecule has 0 saturated heterocycles. The zero-order valence-corrected chi connectivity index (χ0v) is 11.5. The van der Waals surface area contributed by atoms with Gasteiger partial charge in [-0.25, -0.2) is 0 Å². The molecule has 0 bridgehead atoms. The number of Topliss-reactive ketones (excluding diaryl/α,β-unsaturated/α-hetero) is 1. The minimum Gasteiger partial charge on any atom is -0.301 e. The van der Waals surface area contributed by atoms with Gasteiger partial charge < -0.3 is 5.32 Å². The highest BCUT2D eigenvalue weighted by atomic mass is 16.1. The van der Waals surface area contributed by atoms with E-state index in [1.54, 1.807) is 0 Å². The molecule has 98 valence electrons. The molecular weight excluding hydrogens is 222 g/mol. The first-order chi connectivity index (χ1) is 8.69. The molecule has 1 aromatic rings. The number of hydrogen-bond acceptors (Lipinski definition) is 2. The van der Waals surface area contributed by atoms with Crippen molar-refractivity contribution >= 4 is 5.78 Å². The second-order valence-corrected chi connectivity index (χ2v) is 5.33. The molecule has 0 spiro atoms. The highest BCUT2D eigenvalue weighted by Gasteiger charge is 2.40. The number of aryl methyl sites for hydroxylation is 1. The fourth-order valence-corrected chi connectivity index (χ4v) is 2.80. The molecule has 1 fully saturated rings. The Hall–Kier alpha value is -1.15. The van der Waals surface area contributed by atoms with Gasteiger partial charge in [0.25, 0.3) is 0 Å². The molecule has 1 N–H and O–H groups in total. The Morgan fingerprint density at radius 1 is 1.22 bits per heavy atom. The number of nitrogens with one attached hydrogen (secondary N) is 1. The minimum absolute atomic E-state index is 0.367. The molecule has 1 unspecified atom stereocenters. The average molecular weight is 245 g/mol. The Kier molecular flexibility index (Phi) is 4.18. The van der Waals surface area contributed by atoms with E-state index >= 15 is 0 Å². The van der Waals surface area contributed by atoms with E-state index in [4.69, 9.17) is 0 Å². The summed E-state index contributed by atoms with van der Waals surface area (Å²) in [6.45, 7) is 5.13. The van der Waals surface area contributed by atoms with Gasteiger partial charge in [-0.05, 0) is 38.3 Å². The summed E-state index contributed by atoms with van der Waals surface area (Å²) in [6.07, 6.45) is 4.89. The van der Waals surface area contributed by atoms with Crippen LogP contribution in [0.25, 0.3) is 0 Å². The summed E-state index contributed by atoms with van der Waals surface area (Å²) in [4.78, 5) is 12.4. The molecule has 0 aliphatic heterocycles. The van der Waals surface area contributed by atoms with E-state index in [2.05, 4.69) is 43.4 Å². The average Bonchev–Trinajstić information content (AvgIpc) is 2.39. The lowest BCUT2D eigenvalue weighted by Gasteiger charge is -2.37. The maximum Gasteiger partial charge on any atom is 0.157 e. The van der Waals surface area contributed by atoms with Crippen LogP contribution in [-0.2, 0) is 10.3 Å². The number of hydrogen-bond donors (Lipinski definition) is 1. The summed E-state index contributed by atoms with van der Waals surface area (Å²) in [5, 5.41) is 3.52. The molecule has 1 aliphatic rings. The first-order valence-corrected chi connectivity index (χ1v) is 7.04. The van der Waals surface area contributed by atoms with Gasteiger partial charge >= 0.3 is 0 Å². The van der Waals surface area contributed by atoms with E-state index < -0.39 is 5.54 Å². The van der Waals surface area contributed by atoms with Crippen molar-refractivity contribution in [3.05, 3.63) is 35.4 Å². The van der Waals surface area contributed by atoms with Crippen molar-refractivity contribution in [3.63, 3.8) is 0 Å². The van der Waals surface area contributed by atoms with Gasteiger partial charge in [0.15, 0.2) is 5.78 Å². The largest absolute Gasteiger partial charge is 0.301 e. The summed E-state index contributed by atoms with van der Waals surface area (Å²) in [7, 11) is 0. The van der Waals surface area contributed by atoms with Crippen LogP contribution >= 0.6 is 0 Å². The fourth-order valence-electron chi connectivity index (χ4n) is 2.80. The molecule has 0 aromatic heterocycles. The summed E-state index contributed by atoms with van der Waals surface area (Å²) >= 11 is 0. The lowest BCUT2D eigenvalue weighted by Crippen LogP contribution is -2.51. The van der Waals surface area contributed by atoms with Crippen molar-refractivity contribution in [2.24, 2.45) is 0 Å². The normalized spacial score (nSPS) is 24.2. The maximum atomic E-state index is 12.4. The molecule has 2 heteroatoms. The number of rotatable bonds is 4. The molecule has 0 amide bonds. The summed E-state index contributed by atoms with van der Waals surface area (Å²) in [5.41, 5.74) is 1.97. The molecule has 1 atom stereocenters. The third kappa shape index (κ3) is 2.49. The van der Waals surface area contributed by atoms with Crippen LogP contribution < -0.4 is 5.32 Å². The highest BCUT2D eigenvalue weighted by Crippen LogP contribution is 2.34. The predicted molar refractivity (Wildman–Crippen MR) is 74.6 cm³/mol. The summed E-state index contributed by atoms with van der Waals surface area (Å²) in [6, 6.07) is 8.43. The first kappa shape index (κ1) is 13.3. The van der Waals surface area contributed by atoms with Crippen LogP contribution in [-0.4, -0.2) is 12.3 Å². The van der Waals surface area contributed by atoms with Gasteiger partial charge in [0, 0.05) is 6.42 Å². The van der Waals surface area contributed by atoms with E-state index in [-0.39, 0.29) is 0 Å². The first-order valence-electron chi connectivity index (χ1n) is 7.04. The van der Waals surface area contributed by atoms with E-state index in [0.717, 1.165) is 37.8 Å². The van der Waals surface area contributed by atoms with Crippen LogP contribution in [0.2, 0.25) is 0 Å². The van der Waals surface area contributed by atoms with Crippen molar-refractivity contribution < 1.29 is 4.79 Å². The quantitative estimate of drug-likeness (QED) is 0.881. The molecule has 1 saturated carbocycles. The van der Waals surface area contributed by atoms with Crippen LogP contribution in [0, 0.1) is 6.92 Å². The Bertz CT molecular complexity index is 410. The zero-order valence-electron chi connectivity index (χ0n) is 11.5. The van der Waals surface area contributed by atoms with Crippen LogP contribution in [0.3, 0.4) is 0 Å². The standard InChI is InChI=1S/C16H23NO/c1-3-12-17-16(11-5-4-6-15(16)18)14-9-7-13(2)8-10-14/h7-10,17H,3-6,11-12H2,1-2H3. The van der Waals surface area contributed by atoms with Gasteiger partial charge in [0.05, 0.1) is 0 Å². The Morgan fingerprint density at radius 3 is 2.56 bits per heavy atom. The number of carbonyl (C=O) groups is 1. The van der Waals surface area contributed by atoms with Crippen LogP contribution in [0.15, 0.2) is 24.3 Å². The molecule has 0 radical (unpaired) electrons. The van der Waals surface area contributed by atoms with E-state index in [1.807, 2.05) is 0 Å². The Morgan fingerprint density at radius 2 is 1.94 bits per heavy atom. The third-order valence-corrected chi connectivity index (χ3v) is 3.90. The van der Waals surface area contributed by atoms with Gasteiger partial charge in [-0.15, -0.1) is 0 Å². The summed E-state index contributed by atoms with van der Waals surface area (Å²) in [5.74, 6) is 0.367. The molecule has 1 aromatic carbocycles. The number of benzene rings is 1. The maximum absolute atomic E-state index is 12.4. The van der Waals surface area contributed by atoms with Crippen molar-refractivity contribution in [2.75, 3.05) is 6.54 Å². The fraction of sp³-hybridized carbons (Fsp3) is 0.562. The van der Waals surface area contributed by atoms with Crippen molar-refractivity contribution in [1.82, 2.24) is 5.32 Å². The lowest BCUT2D eigenvalue weighted by molar-refractivity contribution is -0.128. The smallest absolute Gasteiger partial charge is 0.157 e. The topological polar surface area (TPSA) is 29.1 Å². The van der Waals surface area contributed by atoms with E-state index in [9.17, 15) is 4.79 Å². The van der Waals surface area contributed by atoms with Crippen LogP contribution in [0.5, 0.6) is 0 Å². The lowest BCUT2D eigenvalue weighted by atomic mass is 9.75. The monoisotopic (exact) mass is 245 g/mol. The second-order valence-electron chi connectivity index (χ2n) is 5.33. The third-order valence-electron chi connectivity index (χ3n) is 3.90. The van der Waals surface area contributed by atoms with E-state index in [1.165, 1.54) is 5.56 Å². The van der Waals surface area contributed by atoms with Gasteiger partial charge in [0.2, 0.25) is 0 Å². The van der Waals surface area contributed by atoms with Crippen LogP contribution in [0.1, 0.15) is 50.2 Å². The molecule has 1 aliphatic carbocycles. The molecule has 18 heavy (non-hydrogen) atoms. The molecule has 2 nitrogen and oxygen atoms in total. The highest BCUT2D eigenvalue weighted by molar-refractivity contribution is 5.90. The second kappa shape index (κ2) is 5.66. The molecule has 0 heterocycles. The Balaban J connectivity index is 2.34. The summed E-state index contributed by atoms with van der Waals surface area (Å²) < 4.78 is 0. The predicted octanol–water partition coefficient (Wildman–Crippen LogP) is 3.33. The number of ketones is 1. The molecule has 2 rings (SSSR count). The van der Waals surface area contributed by atoms with E-state index in [0.29, 0.717) is 12.2 Å². The Labute approximate surface area is 110 Å². The van der Waals surface area contributed by atoms with Crippen molar-refractivity contribution in [2.45, 2.75) is 51.5 Å². The van der Waals surface area contributed by atoms with Gasteiger partial charge in [-0.1, -0.05) is 43.2 Å². The minimum atomic E-state index is -0.415. The van der Waals surface area contributed by atoms with Gasteiger partial charge in [0.1, 0.15) is 5.54 Å². The zero-order chi connectivity index (χ0) is 13.0. The molecular formula is C16H23NO. The van der Waals surface area contributed by atoms with Crippen molar-refractivity contribution in [1.29, 1.82) is 0 Å². The van der Waals surface area contributed by atoms with Crippen LogP contribution in [0.4, 0.5) is 0 Å². The number of carbonyl (C=O) groups excluding carboxylic acids is 1. The SMILES string of the molecule is CCCNC1(c2ccc(C)cc2)CCCCC1=O. The van der Waals surface area contributed by atoms with Gasteiger partial charge in [-0.2, -0.15) is 0 Å².